The van der Waals surface area contributed by atoms with Crippen LogP contribution in [0.2, 0.25) is 5.02 Å². The molecule has 0 aliphatic heterocycles. The number of methoxy groups -OCH3 is 1. The highest BCUT2D eigenvalue weighted by atomic mass is 35.5. The van der Waals surface area contributed by atoms with Gasteiger partial charge in [0.2, 0.25) is 0 Å². The summed E-state index contributed by atoms with van der Waals surface area (Å²) in [5.41, 5.74) is 3.52. The SMILES string of the molecule is COc1cc(C=NNC(=O)C(=O)Nc2cccc(Cl)c2)ccc1OCc1ccccc1F. The number of carbonyl (C=O) groups is 2. The Hall–Kier alpha value is -3.91. The number of amides is 2. The summed E-state index contributed by atoms with van der Waals surface area (Å²) in [7, 11) is 1.47. The molecule has 3 aromatic rings. The number of benzene rings is 3. The summed E-state index contributed by atoms with van der Waals surface area (Å²) in [6.07, 6.45) is 1.34. The minimum Gasteiger partial charge on any atom is -0.493 e. The van der Waals surface area contributed by atoms with E-state index in [9.17, 15) is 14.0 Å². The van der Waals surface area contributed by atoms with Crippen LogP contribution in [0.3, 0.4) is 0 Å². The first kappa shape index (κ1) is 22.8. The van der Waals surface area contributed by atoms with Crippen LogP contribution in [0.25, 0.3) is 0 Å². The largest absolute Gasteiger partial charge is 0.493 e. The fourth-order valence-corrected chi connectivity index (χ4v) is 2.82. The molecule has 0 unspecified atom stereocenters. The molecule has 0 radical (unpaired) electrons. The fraction of sp³-hybridized carbons (Fsp3) is 0.0870. The smallest absolute Gasteiger partial charge is 0.329 e. The number of hydrogen-bond acceptors (Lipinski definition) is 5. The molecule has 2 amide bonds. The molecule has 9 heteroatoms. The molecule has 0 aliphatic rings. The second-order valence-electron chi connectivity index (χ2n) is 6.45. The standard InChI is InChI=1S/C23H19ClFN3O4/c1-31-21-11-15(9-10-20(21)32-14-16-5-2-3-8-19(16)25)13-26-28-23(30)22(29)27-18-7-4-6-17(24)12-18/h2-13H,14H2,1H3,(H,27,29)(H,28,30). The summed E-state index contributed by atoms with van der Waals surface area (Å²) in [6.45, 7) is 0.0360. The van der Waals surface area contributed by atoms with E-state index in [0.29, 0.717) is 33.3 Å². The number of rotatable bonds is 7. The summed E-state index contributed by atoms with van der Waals surface area (Å²) < 4.78 is 24.7. The van der Waals surface area contributed by atoms with Crippen LogP contribution in [0.4, 0.5) is 10.1 Å². The van der Waals surface area contributed by atoms with E-state index in [0.717, 1.165) is 0 Å². The molecule has 0 atom stereocenters. The molecule has 0 heterocycles. The van der Waals surface area contributed by atoms with Gasteiger partial charge in [-0.3, -0.25) is 9.59 Å². The Morgan fingerprint density at radius 1 is 1.03 bits per heavy atom. The number of ether oxygens (including phenoxy) is 2. The Balaban J connectivity index is 1.57. The first-order valence-electron chi connectivity index (χ1n) is 9.40. The molecule has 2 N–H and O–H groups in total. The third kappa shape index (κ3) is 6.29. The topological polar surface area (TPSA) is 89.0 Å². The van der Waals surface area contributed by atoms with Crippen LogP contribution in [-0.4, -0.2) is 25.1 Å². The highest BCUT2D eigenvalue weighted by Crippen LogP contribution is 2.28. The highest BCUT2D eigenvalue weighted by Gasteiger charge is 2.13. The molecule has 0 spiro atoms. The van der Waals surface area contributed by atoms with Crippen molar-refractivity contribution in [2.75, 3.05) is 12.4 Å². The zero-order valence-electron chi connectivity index (χ0n) is 17.0. The van der Waals surface area contributed by atoms with E-state index in [1.807, 2.05) is 0 Å². The van der Waals surface area contributed by atoms with Crippen molar-refractivity contribution in [3.63, 3.8) is 0 Å². The lowest BCUT2D eigenvalue weighted by Gasteiger charge is -2.11. The van der Waals surface area contributed by atoms with Gasteiger partial charge < -0.3 is 14.8 Å². The van der Waals surface area contributed by atoms with E-state index < -0.39 is 11.8 Å². The number of hydrogen-bond donors (Lipinski definition) is 2. The third-order valence-corrected chi connectivity index (χ3v) is 4.43. The number of nitrogens with zero attached hydrogens (tertiary/aromatic N) is 1. The van der Waals surface area contributed by atoms with E-state index in [4.69, 9.17) is 21.1 Å². The summed E-state index contributed by atoms with van der Waals surface area (Å²) >= 11 is 5.84. The third-order valence-electron chi connectivity index (χ3n) is 4.20. The van der Waals surface area contributed by atoms with Gasteiger partial charge >= 0.3 is 11.8 Å². The average Bonchev–Trinajstić information content (AvgIpc) is 2.78. The normalized spacial score (nSPS) is 10.6. The van der Waals surface area contributed by atoms with Crippen LogP contribution in [0, 0.1) is 5.82 Å². The molecular weight excluding hydrogens is 437 g/mol. The number of nitrogens with one attached hydrogen (secondary N) is 2. The van der Waals surface area contributed by atoms with Crippen molar-refractivity contribution >= 4 is 35.3 Å². The maximum absolute atomic E-state index is 13.7. The maximum atomic E-state index is 13.7. The number of carbonyl (C=O) groups excluding carboxylic acids is 2. The van der Waals surface area contributed by atoms with Gasteiger partial charge in [0, 0.05) is 16.3 Å². The second-order valence-corrected chi connectivity index (χ2v) is 6.89. The van der Waals surface area contributed by atoms with E-state index in [2.05, 4.69) is 15.8 Å². The van der Waals surface area contributed by atoms with Gasteiger partial charge in [0.1, 0.15) is 12.4 Å². The molecule has 164 valence electrons. The quantitative estimate of drug-likeness (QED) is 0.318. The highest BCUT2D eigenvalue weighted by molar-refractivity contribution is 6.39. The van der Waals surface area contributed by atoms with Crippen LogP contribution in [0.1, 0.15) is 11.1 Å². The van der Waals surface area contributed by atoms with Crippen LogP contribution in [-0.2, 0) is 16.2 Å². The molecule has 32 heavy (non-hydrogen) atoms. The van der Waals surface area contributed by atoms with Crippen molar-refractivity contribution in [3.05, 3.63) is 88.7 Å². The van der Waals surface area contributed by atoms with Crippen LogP contribution in [0.15, 0.2) is 71.8 Å². The summed E-state index contributed by atoms with van der Waals surface area (Å²) in [6, 6.07) is 17.6. The predicted octanol–water partition coefficient (Wildman–Crippen LogP) is 4.16. The molecule has 0 saturated heterocycles. The Kier molecular flexibility index (Phi) is 7.77. The van der Waals surface area contributed by atoms with E-state index in [1.165, 1.54) is 25.5 Å². The number of halogens is 2. The van der Waals surface area contributed by atoms with Gasteiger partial charge in [0.25, 0.3) is 0 Å². The van der Waals surface area contributed by atoms with Gasteiger partial charge in [-0.2, -0.15) is 5.10 Å². The summed E-state index contributed by atoms with van der Waals surface area (Å²) in [5, 5.41) is 6.62. The molecule has 0 fully saturated rings. The maximum Gasteiger partial charge on any atom is 0.329 e. The summed E-state index contributed by atoms with van der Waals surface area (Å²) in [4.78, 5) is 23.8. The van der Waals surface area contributed by atoms with Crippen LogP contribution >= 0.6 is 11.6 Å². The van der Waals surface area contributed by atoms with E-state index >= 15 is 0 Å². The zero-order chi connectivity index (χ0) is 22.9. The van der Waals surface area contributed by atoms with Gasteiger partial charge in [-0.15, -0.1) is 0 Å². The fourth-order valence-electron chi connectivity index (χ4n) is 2.62. The predicted molar refractivity (Wildman–Crippen MR) is 120 cm³/mol. The number of anilines is 1. The Morgan fingerprint density at radius 3 is 2.59 bits per heavy atom. The monoisotopic (exact) mass is 455 g/mol. The van der Waals surface area contributed by atoms with Crippen LogP contribution in [0.5, 0.6) is 11.5 Å². The van der Waals surface area contributed by atoms with Crippen LogP contribution < -0.4 is 20.2 Å². The average molecular weight is 456 g/mol. The minimum atomic E-state index is -0.946. The molecule has 3 aromatic carbocycles. The van der Waals surface area contributed by atoms with Gasteiger partial charge in [-0.25, -0.2) is 9.82 Å². The lowest BCUT2D eigenvalue weighted by atomic mass is 10.2. The Labute approximate surface area is 188 Å². The first-order valence-corrected chi connectivity index (χ1v) is 9.78. The van der Waals surface area contributed by atoms with Gasteiger partial charge in [-0.05, 0) is 48.0 Å². The van der Waals surface area contributed by atoms with E-state index in [1.54, 1.807) is 54.6 Å². The van der Waals surface area contributed by atoms with Crippen molar-refractivity contribution in [3.8, 4) is 11.5 Å². The van der Waals surface area contributed by atoms with Gasteiger partial charge in [0.05, 0.1) is 13.3 Å². The van der Waals surface area contributed by atoms with Crippen molar-refractivity contribution in [2.45, 2.75) is 6.61 Å². The molecule has 0 bridgehead atoms. The van der Waals surface area contributed by atoms with Crippen molar-refractivity contribution in [1.82, 2.24) is 5.43 Å². The first-order chi connectivity index (χ1) is 15.5. The second kappa shape index (κ2) is 10.9. The Bertz CT molecular complexity index is 1150. The van der Waals surface area contributed by atoms with Crippen molar-refractivity contribution < 1.29 is 23.5 Å². The molecule has 0 saturated carbocycles. The lowest BCUT2D eigenvalue weighted by Crippen LogP contribution is -2.32. The van der Waals surface area contributed by atoms with Gasteiger partial charge in [0.15, 0.2) is 11.5 Å². The number of hydrazone groups is 1. The van der Waals surface area contributed by atoms with Crippen molar-refractivity contribution in [2.24, 2.45) is 5.10 Å². The van der Waals surface area contributed by atoms with Crippen molar-refractivity contribution in [1.29, 1.82) is 0 Å². The molecule has 7 nitrogen and oxygen atoms in total. The van der Waals surface area contributed by atoms with Gasteiger partial charge in [-0.1, -0.05) is 35.9 Å². The van der Waals surface area contributed by atoms with E-state index in [-0.39, 0.29) is 12.4 Å². The summed E-state index contributed by atoms with van der Waals surface area (Å²) in [5.74, 6) is -1.38. The minimum absolute atomic E-state index is 0.0360. The molecular formula is C23H19ClFN3O4. The lowest BCUT2D eigenvalue weighted by molar-refractivity contribution is -0.136. The molecule has 0 aromatic heterocycles. The molecule has 3 rings (SSSR count). The zero-order valence-corrected chi connectivity index (χ0v) is 17.7. The Morgan fingerprint density at radius 2 is 1.84 bits per heavy atom. The molecule has 0 aliphatic carbocycles.